The number of rotatable bonds is 6. The number of benzene rings is 2. The van der Waals surface area contributed by atoms with E-state index in [9.17, 15) is 4.79 Å². The second-order valence-corrected chi connectivity index (χ2v) is 7.52. The third-order valence-electron chi connectivity index (χ3n) is 5.81. The number of anilines is 1. The molecule has 0 atom stereocenters. The summed E-state index contributed by atoms with van der Waals surface area (Å²) in [5, 5.41) is 3.58. The van der Waals surface area contributed by atoms with Crippen molar-refractivity contribution in [2.45, 2.75) is 52.1 Å². The summed E-state index contributed by atoms with van der Waals surface area (Å²) in [4.78, 5) is 15.1. The van der Waals surface area contributed by atoms with Crippen LogP contribution in [0.5, 0.6) is 0 Å². The molecule has 1 amide bonds. The van der Waals surface area contributed by atoms with Crippen LogP contribution in [0.1, 0.15) is 56.7 Å². The molecule has 0 aliphatic carbocycles. The van der Waals surface area contributed by atoms with E-state index in [0.717, 1.165) is 24.1 Å². The normalized spacial score (nSPS) is 14.7. The lowest BCUT2D eigenvalue weighted by Gasteiger charge is -2.30. The number of nitrogens with zero attached hydrogens (tertiary/aromatic N) is 1. The van der Waals surface area contributed by atoms with Crippen molar-refractivity contribution >= 4 is 23.7 Å². The van der Waals surface area contributed by atoms with Crippen LogP contribution < -0.4 is 10.2 Å². The van der Waals surface area contributed by atoms with E-state index >= 15 is 0 Å². The van der Waals surface area contributed by atoms with Crippen LogP contribution >= 0.6 is 0 Å². The zero-order valence-corrected chi connectivity index (χ0v) is 16.7. The van der Waals surface area contributed by atoms with Gasteiger partial charge in [-0.05, 0) is 42.5 Å². The molecule has 2 aromatic carbocycles. The number of amides is 1. The van der Waals surface area contributed by atoms with E-state index in [1.54, 1.807) is 0 Å². The third kappa shape index (κ3) is 4.48. The van der Waals surface area contributed by atoms with E-state index in [0.29, 0.717) is 19.5 Å². The summed E-state index contributed by atoms with van der Waals surface area (Å²) in [6.07, 6.45) is 6.86. The molecule has 3 rings (SSSR count). The molecule has 0 saturated heterocycles. The molecule has 0 radical (unpaired) electrons. The quantitative estimate of drug-likeness (QED) is 0.760. The molecule has 0 aromatic heterocycles. The van der Waals surface area contributed by atoms with E-state index in [2.05, 4.69) is 56.4 Å². The van der Waals surface area contributed by atoms with Crippen molar-refractivity contribution in [3.8, 4) is 0 Å². The molecule has 0 saturated carbocycles. The topological polar surface area (TPSA) is 32.3 Å². The minimum atomic E-state index is 0.101. The van der Waals surface area contributed by atoms with E-state index in [1.165, 1.54) is 11.1 Å². The summed E-state index contributed by atoms with van der Waals surface area (Å²) in [5.74, 6) is 0.162. The minimum absolute atomic E-state index is 0.101. The van der Waals surface area contributed by atoms with Gasteiger partial charge in [-0.3, -0.25) is 4.79 Å². The van der Waals surface area contributed by atoms with Crippen molar-refractivity contribution < 1.29 is 4.79 Å². The van der Waals surface area contributed by atoms with Gasteiger partial charge in [-0.25, -0.2) is 0 Å². The zero-order valence-electron chi connectivity index (χ0n) is 16.7. The smallest absolute Gasteiger partial charge is 0.228 e. The first-order valence-electron chi connectivity index (χ1n) is 9.96. The van der Waals surface area contributed by atoms with Gasteiger partial charge in [0.05, 0.1) is 12.2 Å². The lowest BCUT2D eigenvalue weighted by Crippen LogP contribution is -2.43. The van der Waals surface area contributed by atoms with Crippen LogP contribution in [0, 0.1) is 0 Å². The average Bonchev–Trinajstić information content (AvgIpc) is 2.69. The summed E-state index contributed by atoms with van der Waals surface area (Å²) < 4.78 is 0. The number of nitrogens with one attached hydrogen (secondary N) is 1. The van der Waals surface area contributed by atoms with Gasteiger partial charge >= 0.3 is 0 Å². The molecule has 1 heterocycles. The maximum absolute atomic E-state index is 13.2. The number of fused-ring (bicyclic) bond motifs is 2. The highest BCUT2D eigenvalue weighted by atomic mass is 16.2. The molecule has 1 aliphatic heterocycles. The summed E-state index contributed by atoms with van der Waals surface area (Å²) in [6.45, 7) is 7.92. The number of carbonyl (C=O) groups excluding carboxylic acids is 1. The predicted octanol–water partition coefficient (Wildman–Crippen LogP) is 5.26. The van der Waals surface area contributed by atoms with Crippen LogP contribution in [-0.2, 0) is 11.3 Å². The molecule has 1 N–H and O–H groups in total. The molecule has 3 nitrogen and oxygen atoms in total. The Kier molecular flexibility index (Phi) is 6.12. The Hall–Kier alpha value is -2.39. The van der Waals surface area contributed by atoms with Gasteiger partial charge in [0.2, 0.25) is 5.91 Å². The first-order valence-corrected chi connectivity index (χ1v) is 9.96. The molecule has 0 bridgehead atoms. The molecule has 0 unspecified atom stereocenters. The van der Waals surface area contributed by atoms with Gasteiger partial charge in [0, 0.05) is 18.5 Å². The fourth-order valence-corrected chi connectivity index (χ4v) is 3.48. The Morgan fingerprint density at radius 2 is 1.63 bits per heavy atom. The fraction of sp³-hybridized carbons (Fsp3) is 0.375. The standard InChI is InChI=1S/C24H30N2O/c1-4-24(3,5-2)25-17-16-23(27)26-18-21-12-7-6-10-19(21)14-15-20-11-8-9-13-22(20)26/h6-15,25H,4-5,16-18H2,1-3H3/b15-14-. The Morgan fingerprint density at radius 1 is 1.00 bits per heavy atom. The number of para-hydroxylation sites is 1. The van der Waals surface area contributed by atoms with E-state index in [1.807, 2.05) is 35.2 Å². The highest BCUT2D eigenvalue weighted by Gasteiger charge is 2.22. The molecule has 3 heteroatoms. The summed E-state index contributed by atoms with van der Waals surface area (Å²) >= 11 is 0. The van der Waals surface area contributed by atoms with Crippen molar-refractivity contribution in [1.82, 2.24) is 5.32 Å². The summed E-state index contributed by atoms with van der Waals surface area (Å²) in [7, 11) is 0. The van der Waals surface area contributed by atoms with Crippen LogP contribution in [0.15, 0.2) is 48.5 Å². The maximum Gasteiger partial charge on any atom is 0.228 e. The fourth-order valence-electron chi connectivity index (χ4n) is 3.48. The third-order valence-corrected chi connectivity index (χ3v) is 5.81. The Labute approximate surface area is 163 Å². The van der Waals surface area contributed by atoms with Gasteiger partial charge in [0.15, 0.2) is 0 Å². The SMILES string of the molecule is CCC(C)(CC)NCCC(=O)N1Cc2ccccc2/C=C\c2ccccc21. The van der Waals surface area contributed by atoms with Crippen LogP contribution in [0.2, 0.25) is 0 Å². The largest absolute Gasteiger partial charge is 0.311 e. The van der Waals surface area contributed by atoms with Crippen molar-refractivity contribution in [3.63, 3.8) is 0 Å². The van der Waals surface area contributed by atoms with Crippen molar-refractivity contribution in [2.75, 3.05) is 11.4 Å². The first kappa shape index (κ1) is 19.4. The number of carbonyl (C=O) groups is 1. The van der Waals surface area contributed by atoms with Crippen molar-refractivity contribution in [1.29, 1.82) is 0 Å². The maximum atomic E-state index is 13.2. The zero-order chi connectivity index (χ0) is 19.3. The van der Waals surface area contributed by atoms with E-state index in [4.69, 9.17) is 0 Å². The molecule has 142 valence electrons. The number of hydrogen-bond donors (Lipinski definition) is 1. The second-order valence-electron chi connectivity index (χ2n) is 7.52. The van der Waals surface area contributed by atoms with E-state index in [-0.39, 0.29) is 11.4 Å². The highest BCUT2D eigenvalue weighted by molar-refractivity contribution is 5.97. The average molecular weight is 363 g/mol. The van der Waals surface area contributed by atoms with Gasteiger partial charge in [0.1, 0.15) is 0 Å². The van der Waals surface area contributed by atoms with Gasteiger partial charge in [0.25, 0.3) is 0 Å². The van der Waals surface area contributed by atoms with Gasteiger partial charge in [-0.1, -0.05) is 68.5 Å². The molecule has 2 aromatic rings. The van der Waals surface area contributed by atoms with Gasteiger partial charge in [-0.2, -0.15) is 0 Å². The predicted molar refractivity (Wildman–Crippen MR) is 115 cm³/mol. The Balaban J connectivity index is 1.83. The summed E-state index contributed by atoms with van der Waals surface area (Å²) in [5.41, 5.74) is 4.52. The highest BCUT2D eigenvalue weighted by Crippen LogP contribution is 2.29. The van der Waals surface area contributed by atoms with Crippen LogP contribution in [0.3, 0.4) is 0 Å². The van der Waals surface area contributed by atoms with Gasteiger partial charge < -0.3 is 10.2 Å². The molecule has 1 aliphatic rings. The minimum Gasteiger partial charge on any atom is -0.311 e. The molecular weight excluding hydrogens is 332 g/mol. The molecule has 0 fully saturated rings. The van der Waals surface area contributed by atoms with Crippen molar-refractivity contribution in [2.24, 2.45) is 0 Å². The number of hydrogen-bond acceptors (Lipinski definition) is 2. The molecular formula is C24H30N2O. The molecule has 0 spiro atoms. The first-order chi connectivity index (χ1) is 13.1. The van der Waals surface area contributed by atoms with Crippen LogP contribution in [0.25, 0.3) is 12.2 Å². The Morgan fingerprint density at radius 3 is 2.37 bits per heavy atom. The summed E-state index contributed by atoms with van der Waals surface area (Å²) in [6, 6.07) is 16.4. The monoisotopic (exact) mass is 362 g/mol. The Bertz CT molecular complexity index is 821. The van der Waals surface area contributed by atoms with Gasteiger partial charge in [-0.15, -0.1) is 0 Å². The lowest BCUT2D eigenvalue weighted by atomic mass is 9.95. The van der Waals surface area contributed by atoms with Crippen LogP contribution in [-0.4, -0.2) is 18.0 Å². The second kappa shape index (κ2) is 8.53. The van der Waals surface area contributed by atoms with Crippen LogP contribution in [0.4, 0.5) is 5.69 Å². The van der Waals surface area contributed by atoms with E-state index < -0.39 is 0 Å². The molecule has 27 heavy (non-hydrogen) atoms. The lowest BCUT2D eigenvalue weighted by molar-refractivity contribution is -0.118. The van der Waals surface area contributed by atoms with Crippen molar-refractivity contribution in [3.05, 3.63) is 65.2 Å².